The molecule has 2 aromatic carbocycles. The Hall–Kier alpha value is -3.15. The molecule has 0 aliphatic heterocycles. The van der Waals surface area contributed by atoms with Gasteiger partial charge in [-0.3, -0.25) is 14.3 Å². The molecule has 3 rings (SSSR count). The summed E-state index contributed by atoms with van der Waals surface area (Å²) in [6.45, 7) is 2.53. The molecule has 3 N–H and O–H groups in total. The molecule has 24 heavy (non-hydrogen) atoms. The number of aromatic nitrogens is 2. The summed E-state index contributed by atoms with van der Waals surface area (Å²) in [7, 11) is 0. The molecule has 0 aliphatic rings. The average Bonchev–Trinajstić information content (AvgIpc) is 2.95. The minimum atomic E-state index is -0.492. The second-order valence-corrected chi connectivity index (χ2v) is 5.67. The zero-order valence-corrected chi connectivity index (χ0v) is 13.3. The molecule has 0 radical (unpaired) electrons. The first-order valence-electron chi connectivity index (χ1n) is 7.65. The van der Waals surface area contributed by atoms with E-state index >= 15 is 0 Å². The number of nitrogens with zero attached hydrogens (tertiary/aromatic N) is 2. The van der Waals surface area contributed by atoms with Crippen LogP contribution in [0, 0.1) is 6.92 Å². The molecule has 2 amide bonds. The number of amides is 2. The largest absolute Gasteiger partial charge is 0.366 e. The van der Waals surface area contributed by atoms with E-state index in [1.165, 1.54) is 0 Å². The first-order chi connectivity index (χ1) is 11.5. The smallest absolute Gasteiger partial charge is 0.248 e. The van der Waals surface area contributed by atoms with Gasteiger partial charge in [-0.25, -0.2) is 0 Å². The lowest BCUT2D eigenvalue weighted by atomic mass is 10.2. The quantitative estimate of drug-likeness (QED) is 0.756. The van der Waals surface area contributed by atoms with Gasteiger partial charge in [0.2, 0.25) is 11.8 Å². The van der Waals surface area contributed by atoms with E-state index in [-0.39, 0.29) is 5.91 Å². The predicted molar refractivity (Wildman–Crippen MR) is 92.7 cm³/mol. The Labute approximate surface area is 139 Å². The summed E-state index contributed by atoms with van der Waals surface area (Å²) in [6.07, 6.45) is 2.11. The summed E-state index contributed by atoms with van der Waals surface area (Å²) in [5.41, 5.74) is 8.40. The lowest BCUT2D eigenvalue weighted by molar-refractivity contribution is -0.116. The van der Waals surface area contributed by atoms with Crippen molar-refractivity contribution in [2.24, 2.45) is 5.73 Å². The molecule has 0 aliphatic carbocycles. The van der Waals surface area contributed by atoms with Crippen LogP contribution in [-0.4, -0.2) is 21.6 Å². The van der Waals surface area contributed by atoms with E-state index in [9.17, 15) is 9.59 Å². The number of anilines is 1. The number of carbonyl (C=O) groups excluding carboxylic acids is 2. The van der Waals surface area contributed by atoms with E-state index in [0.717, 1.165) is 16.5 Å². The lowest BCUT2D eigenvalue weighted by Gasteiger charge is -2.07. The summed E-state index contributed by atoms with van der Waals surface area (Å²) < 4.78 is 1.83. The fourth-order valence-electron chi connectivity index (χ4n) is 2.51. The van der Waals surface area contributed by atoms with Crippen molar-refractivity contribution < 1.29 is 9.59 Å². The molecule has 0 spiro atoms. The Kier molecular flexibility index (Phi) is 4.29. The first kappa shape index (κ1) is 15.7. The van der Waals surface area contributed by atoms with E-state index in [1.807, 2.05) is 23.7 Å². The van der Waals surface area contributed by atoms with Crippen LogP contribution in [-0.2, 0) is 11.3 Å². The van der Waals surface area contributed by atoms with Gasteiger partial charge >= 0.3 is 0 Å². The highest BCUT2D eigenvalue weighted by Crippen LogP contribution is 2.16. The Morgan fingerprint density at radius 3 is 2.62 bits per heavy atom. The standard InChI is InChI=1S/C18H18N4O2/c1-12-2-3-14-11-20-22(16(14)10-12)9-8-17(23)21-15-6-4-13(5-7-15)18(19)24/h2-7,10-11H,8-9H2,1H3,(H2,19,24)(H,21,23). The number of carbonyl (C=O) groups is 2. The third-order valence-corrected chi connectivity index (χ3v) is 3.80. The van der Waals surface area contributed by atoms with Gasteiger partial charge < -0.3 is 11.1 Å². The van der Waals surface area contributed by atoms with Gasteiger partial charge in [0.15, 0.2) is 0 Å². The van der Waals surface area contributed by atoms with Crippen molar-refractivity contribution >= 4 is 28.4 Å². The van der Waals surface area contributed by atoms with E-state index < -0.39 is 5.91 Å². The van der Waals surface area contributed by atoms with Gasteiger partial charge in [-0.05, 0) is 42.8 Å². The summed E-state index contributed by atoms with van der Waals surface area (Å²) in [4.78, 5) is 23.1. The third-order valence-electron chi connectivity index (χ3n) is 3.80. The molecule has 122 valence electrons. The third kappa shape index (κ3) is 3.43. The maximum atomic E-state index is 12.1. The van der Waals surface area contributed by atoms with Crippen LogP contribution in [0.2, 0.25) is 0 Å². The fraction of sp³-hybridized carbons (Fsp3) is 0.167. The number of nitrogens with one attached hydrogen (secondary N) is 1. The van der Waals surface area contributed by atoms with Crippen LogP contribution in [0.4, 0.5) is 5.69 Å². The molecule has 0 atom stereocenters. The van der Waals surface area contributed by atoms with Crippen LogP contribution in [0.25, 0.3) is 10.9 Å². The molecule has 0 unspecified atom stereocenters. The SMILES string of the molecule is Cc1ccc2cnn(CCC(=O)Nc3ccc(C(N)=O)cc3)c2c1. The maximum absolute atomic E-state index is 12.1. The van der Waals surface area contributed by atoms with Crippen molar-refractivity contribution in [1.29, 1.82) is 0 Å². The number of rotatable bonds is 5. The van der Waals surface area contributed by atoms with Crippen molar-refractivity contribution in [2.75, 3.05) is 5.32 Å². The Bertz CT molecular complexity index is 897. The van der Waals surface area contributed by atoms with Gasteiger partial charge in [0.05, 0.1) is 18.3 Å². The molecule has 0 bridgehead atoms. The monoisotopic (exact) mass is 322 g/mol. The van der Waals surface area contributed by atoms with Crippen molar-refractivity contribution in [2.45, 2.75) is 19.9 Å². The van der Waals surface area contributed by atoms with Crippen LogP contribution in [0.3, 0.4) is 0 Å². The van der Waals surface area contributed by atoms with Crippen molar-refractivity contribution in [3.05, 3.63) is 59.8 Å². The van der Waals surface area contributed by atoms with Gasteiger partial charge in [-0.1, -0.05) is 12.1 Å². The second-order valence-electron chi connectivity index (χ2n) is 5.67. The van der Waals surface area contributed by atoms with Crippen LogP contribution >= 0.6 is 0 Å². The second kappa shape index (κ2) is 6.54. The van der Waals surface area contributed by atoms with Crippen molar-refractivity contribution in [3.63, 3.8) is 0 Å². The number of benzene rings is 2. The number of nitrogens with two attached hydrogens (primary N) is 1. The van der Waals surface area contributed by atoms with E-state index in [0.29, 0.717) is 24.2 Å². The van der Waals surface area contributed by atoms with Crippen LogP contribution < -0.4 is 11.1 Å². The van der Waals surface area contributed by atoms with Crippen molar-refractivity contribution in [1.82, 2.24) is 9.78 Å². The lowest BCUT2D eigenvalue weighted by Crippen LogP contribution is -2.15. The molecular weight excluding hydrogens is 304 g/mol. The van der Waals surface area contributed by atoms with E-state index in [1.54, 1.807) is 30.5 Å². The molecule has 0 saturated heterocycles. The normalized spacial score (nSPS) is 10.7. The first-order valence-corrected chi connectivity index (χ1v) is 7.65. The minimum Gasteiger partial charge on any atom is -0.366 e. The zero-order valence-electron chi connectivity index (χ0n) is 13.3. The Morgan fingerprint density at radius 1 is 1.17 bits per heavy atom. The van der Waals surface area contributed by atoms with Gasteiger partial charge in [-0.2, -0.15) is 5.10 Å². The van der Waals surface area contributed by atoms with Gasteiger partial charge in [-0.15, -0.1) is 0 Å². The number of hydrogen-bond acceptors (Lipinski definition) is 3. The van der Waals surface area contributed by atoms with Gasteiger partial charge in [0.25, 0.3) is 0 Å². The molecule has 0 saturated carbocycles. The average molecular weight is 322 g/mol. The summed E-state index contributed by atoms with van der Waals surface area (Å²) >= 11 is 0. The minimum absolute atomic E-state index is 0.113. The summed E-state index contributed by atoms with van der Waals surface area (Å²) in [5.74, 6) is -0.605. The number of hydrogen-bond donors (Lipinski definition) is 2. The molecule has 3 aromatic rings. The van der Waals surface area contributed by atoms with E-state index in [2.05, 4.69) is 16.5 Å². The molecule has 6 heteroatoms. The van der Waals surface area contributed by atoms with E-state index in [4.69, 9.17) is 5.73 Å². The van der Waals surface area contributed by atoms with Gasteiger partial charge in [0, 0.05) is 23.1 Å². The highest BCUT2D eigenvalue weighted by atomic mass is 16.2. The number of fused-ring (bicyclic) bond motifs is 1. The van der Waals surface area contributed by atoms with Crippen LogP contribution in [0.15, 0.2) is 48.7 Å². The Balaban J connectivity index is 1.62. The van der Waals surface area contributed by atoms with Crippen LogP contribution in [0.1, 0.15) is 22.3 Å². The molecular formula is C18H18N4O2. The predicted octanol–water partition coefficient (Wildman–Crippen LogP) is 2.47. The summed E-state index contributed by atoms with van der Waals surface area (Å²) in [6, 6.07) is 12.6. The fourth-order valence-corrected chi connectivity index (χ4v) is 2.51. The highest BCUT2D eigenvalue weighted by molar-refractivity contribution is 5.94. The molecule has 1 aromatic heterocycles. The molecule has 1 heterocycles. The van der Waals surface area contributed by atoms with Crippen molar-refractivity contribution in [3.8, 4) is 0 Å². The highest BCUT2D eigenvalue weighted by Gasteiger charge is 2.07. The molecule has 0 fully saturated rings. The summed E-state index contributed by atoms with van der Waals surface area (Å²) in [5, 5.41) is 8.19. The van der Waals surface area contributed by atoms with Gasteiger partial charge in [0.1, 0.15) is 0 Å². The molecule has 6 nitrogen and oxygen atoms in total. The number of aryl methyl sites for hydroxylation is 2. The maximum Gasteiger partial charge on any atom is 0.248 e. The van der Waals surface area contributed by atoms with Crippen LogP contribution in [0.5, 0.6) is 0 Å². The zero-order chi connectivity index (χ0) is 17.1. The topological polar surface area (TPSA) is 90.0 Å². The number of primary amides is 1. The Morgan fingerprint density at radius 2 is 1.92 bits per heavy atom.